The van der Waals surface area contributed by atoms with Gasteiger partial charge in [0.2, 0.25) is 0 Å². The van der Waals surface area contributed by atoms with Crippen LogP contribution in [0.4, 0.5) is 5.69 Å². The number of nitrogens with zero attached hydrogens (tertiary/aromatic N) is 1. The standard InChI is InChI=1S/C15H24N2/c1-3-13-5-7-15(8-6-13)17-11-9-14(10-12-17)16-4-2/h5-8,14,16H,3-4,9-12H2,1-2H3. The van der Waals surface area contributed by atoms with Crippen LogP contribution >= 0.6 is 0 Å². The van der Waals surface area contributed by atoms with Crippen molar-refractivity contribution in [2.75, 3.05) is 24.5 Å². The van der Waals surface area contributed by atoms with Crippen LogP contribution in [-0.4, -0.2) is 25.7 Å². The van der Waals surface area contributed by atoms with Crippen LogP contribution in [-0.2, 0) is 6.42 Å². The van der Waals surface area contributed by atoms with Gasteiger partial charge in [-0.25, -0.2) is 0 Å². The van der Waals surface area contributed by atoms with E-state index >= 15 is 0 Å². The lowest BCUT2D eigenvalue weighted by atomic mass is 10.0. The molecule has 1 N–H and O–H groups in total. The monoisotopic (exact) mass is 232 g/mol. The summed E-state index contributed by atoms with van der Waals surface area (Å²) < 4.78 is 0. The predicted octanol–water partition coefficient (Wildman–Crippen LogP) is 2.83. The molecule has 2 rings (SSSR count). The second-order valence-electron chi connectivity index (χ2n) is 4.84. The van der Waals surface area contributed by atoms with Crippen molar-refractivity contribution in [1.82, 2.24) is 5.32 Å². The van der Waals surface area contributed by atoms with Gasteiger partial charge in [-0.3, -0.25) is 0 Å². The van der Waals surface area contributed by atoms with Crippen molar-refractivity contribution in [1.29, 1.82) is 0 Å². The molecule has 2 heteroatoms. The molecule has 0 radical (unpaired) electrons. The van der Waals surface area contributed by atoms with Crippen LogP contribution < -0.4 is 10.2 Å². The Morgan fingerprint density at radius 2 is 1.76 bits per heavy atom. The van der Waals surface area contributed by atoms with E-state index < -0.39 is 0 Å². The molecular weight excluding hydrogens is 208 g/mol. The molecule has 17 heavy (non-hydrogen) atoms. The number of hydrogen-bond acceptors (Lipinski definition) is 2. The minimum Gasteiger partial charge on any atom is -0.371 e. The van der Waals surface area contributed by atoms with Gasteiger partial charge in [-0.05, 0) is 43.5 Å². The van der Waals surface area contributed by atoms with E-state index in [9.17, 15) is 0 Å². The molecule has 1 aromatic carbocycles. The highest BCUT2D eigenvalue weighted by molar-refractivity contribution is 5.48. The van der Waals surface area contributed by atoms with Crippen LogP contribution in [0.15, 0.2) is 24.3 Å². The quantitative estimate of drug-likeness (QED) is 0.858. The largest absolute Gasteiger partial charge is 0.371 e. The van der Waals surface area contributed by atoms with Crippen molar-refractivity contribution in [2.45, 2.75) is 39.2 Å². The van der Waals surface area contributed by atoms with E-state index in [0.29, 0.717) is 0 Å². The number of benzene rings is 1. The molecule has 1 saturated heterocycles. The number of anilines is 1. The van der Waals surface area contributed by atoms with Gasteiger partial charge >= 0.3 is 0 Å². The molecule has 1 heterocycles. The van der Waals surface area contributed by atoms with Crippen LogP contribution in [0.25, 0.3) is 0 Å². The summed E-state index contributed by atoms with van der Waals surface area (Å²) in [6, 6.07) is 9.78. The van der Waals surface area contributed by atoms with Gasteiger partial charge in [0.25, 0.3) is 0 Å². The summed E-state index contributed by atoms with van der Waals surface area (Å²) in [5.74, 6) is 0. The van der Waals surface area contributed by atoms with E-state index in [0.717, 1.165) is 19.0 Å². The highest BCUT2D eigenvalue weighted by Crippen LogP contribution is 2.20. The number of nitrogens with one attached hydrogen (secondary N) is 1. The van der Waals surface area contributed by atoms with Crippen molar-refractivity contribution >= 4 is 5.69 Å². The summed E-state index contributed by atoms with van der Waals surface area (Å²) in [4.78, 5) is 2.51. The third kappa shape index (κ3) is 3.22. The van der Waals surface area contributed by atoms with Crippen LogP contribution in [0, 0.1) is 0 Å². The molecule has 0 bridgehead atoms. The molecule has 1 aromatic rings. The number of aryl methyl sites for hydroxylation is 1. The van der Waals surface area contributed by atoms with Crippen molar-refractivity contribution in [3.63, 3.8) is 0 Å². The fourth-order valence-electron chi connectivity index (χ4n) is 2.57. The van der Waals surface area contributed by atoms with Gasteiger partial charge in [0.1, 0.15) is 0 Å². The molecule has 0 aliphatic carbocycles. The van der Waals surface area contributed by atoms with Crippen LogP contribution in [0.3, 0.4) is 0 Å². The molecule has 0 spiro atoms. The van der Waals surface area contributed by atoms with Crippen molar-refractivity contribution in [3.05, 3.63) is 29.8 Å². The third-order valence-corrected chi connectivity index (χ3v) is 3.70. The summed E-state index contributed by atoms with van der Waals surface area (Å²) in [5, 5.41) is 3.55. The minimum absolute atomic E-state index is 0.728. The Bertz CT molecular complexity index is 323. The molecule has 0 atom stereocenters. The SMILES string of the molecule is CCNC1CCN(c2ccc(CC)cc2)CC1. The van der Waals surface area contributed by atoms with Gasteiger partial charge < -0.3 is 10.2 Å². The first-order chi connectivity index (χ1) is 8.33. The van der Waals surface area contributed by atoms with Gasteiger partial charge in [0, 0.05) is 24.8 Å². The topological polar surface area (TPSA) is 15.3 Å². The molecule has 1 aliphatic heterocycles. The van der Waals surface area contributed by atoms with Gasteiger partial charge in [0.15, 0.2) is 0 Å². The second kappa shape index (κ2) is 6.06. The Morgan fingerprint density at radius 1 is 1.12 bits per heavy atom. The van der Waals surface area contributed by atoms with E-state index in [1.165, 1.54) is 37.2 Å². The van der Waals surface area contributed by atoms with Gasteiger partial charge in [-0.1, -0.05) is 26.0 Å². The number of rotatable bonds is 4. The first kappa shape index (κ1) is 12.4. The average molecular weight is 232 g/mol. The summed E-state index contributed by atoms with van der Waals surface area (Å²) in [7, 11) is 0. The highest BCUT2D eigenvalue weighted by Gasteiger charge is 2.18. The molecule has 1 aliphatic rings. The Morgan fingerprint density at radius 3 is 2.29 bits per heavy atom. The second-order valence-corrected chi connectivity index (χ2v) is 4.84. The fourth-order valence-corrected chi connectivity index (χ4v) is 2.57. The smallest absolute Gasteiger partial charge is 0.0366 e. The minimum atomic E-state index is 0.728. The summed E-state index contributed by atoms with van der Waals surface area (Å²) >= 11 is 0. The van der Waals surface area contributed by atoms with E-state index in [2.05, 4.69) is 48.3 Å². The maximum atomic E-state index is 3.55. The van der Waals surface area contributed by atoms with Gasteiger partial charge in [-0.15, -0.1) is 0 Å². The van der Waals surface area contributed by atoms with Gasteiger partial charge in [0.05, 0.1) is 0 Å². The van der Waals surface area contributed by atoms with Crippen molar-refractivity contribution in [2.24, 2.45) is 0 Å². The highest BCUT2D eigenvalue weighted by atomic mass is 15.1. The molecular formula is C15H24N2. The molecule has 0 unspecified atom stereocenters. The van der Waals surface area contributed by atoms with E-state index in [1.807, 2.05) is 0 Å². The zero-order valence-corrected chi connectivity index (χ0v) is 11.1. The average Bonchev–Trinajstić information content (AvgIpc) is 2.40. The lowest BCUT2D eigenvalue weighted by molar-refractivity contribution is 0.424. The molecule has 0 saturated carbocycles. The fraction of sp³-hybridized carbons (Fsp3) is 0.600. The number of hydrogen-bond donors (Lipinski definition) is 1. The Labute approximate surface area is 105 Å². The Balaban J connectivity index is 1.91. The lowest BCUT2D eigenvalue weighted by Gasteiger charge is -2.34. The maximum absolute atomic E-state index is 3.55. The zero-order valence-electron chi connectivity index (χ0n) is 11.1. The molecule has 0 amide bonds. The lowest BCUT2D eigenvalue weighted by Crippen LogP contribution is -2.42. The number of piperidine rings is 1. The van der Waals surface area contributed by atoms with E-state index in [1.54, 1.807) is 0 Å². The van der Waals surface area contributed by atoms with Crippen molar-refractivity contribution < 1.29 is 0 Å². The van der Waals surface area contributed by atoms with E-state index in [4.69, 9.17) is 0 Å². The van der Waals surface area contributed by atoms with Crippen LogP contribution in [0.2, 0.25) is 0 Å². The first-order valence-corrected chi connectivity index (χ1v) is 6.90. The zero-order chi connectivity index (χ0) is 12.1. The third-order valence-electron chi connectivity index (χ3n) is 3.70. The molecule has 94 valence electrons. The summed E-state index contributed by atoms with van der Waals surface area (Å²) in [5.41, 5.74) is 2.81. The van der Waals surface area contributed by atoms with Crippen LogP contribution in [0.1, 0.15) is 32.3 Å². The molecule has 1 fully saturated rings. The summed E-state index contributed by atoms with van der Waals surface area (Å²) in [6.07, 6.45) is 3.66. The maximum Gasteiger partial charge on any atom is 0.0366 e. The normalized spacial score (nSPS) is 17.4. The van der Waals surface area contributed by atoms with Crippen LogP contribution in [0.5, 0.6) is 0 Å². The Kier molecular flexibility index (Phi) is 4.43. The van der Waals surface area contributed by atoms with Gasteiger partial charge in [-0.2, -0.15) is 0 Å². The molecule has 2 nitrogen and oxygen atoms in total. The summed E-state index contributed by atoms with van der Waals surface area (Å²) in [6.45, 7) is 7.86. The Hall–Kier alpha value is -1.02. The predicted molar refractivity (Wildman–Crippen MR) is 74.7 cm³/mol. The van der Waals surface area contributed by atoms with Crippen molar-refractivity contribution in [3.8, 4) is 0 Å². The van der Waals surface area contributed by atoms with E-state index in [-0.39, 0.29) is 0 Å². The first-order valence-electron chi connectivity index (χ1n) is 6.90. The molecule has 0 aromatic heterocycles.